The van der Waals surface area contributed by atoms with E-state index in [1.165, 1.54) is 16.2 Å². The standard InChI is InChI=1S/C21H20ClN3O2S/c1-21(17-9-5-7-14-6-3-4-8-16(14)17)19(26)25(20(27)23-21)13-24(2)12-15-10-11-18(22)28-15/h3-11H,12-13H2,1-2H3,(H,23,27)/t21-/m0/s1. The van der Waals surface area contributed by atoms with Gasteiger partial charge in [-0.3, -0.25) is 9.69 Å². The third-order valence-electron chi connectivity index (χ3n) is 5.04. The number of nitrogens with one attached hydrogen (secondary N) is 1. The number of amides is 3. The molecule has 0 saturated carbocycles. The monoisotopic (exact) mass is 413 g/mol. The summed E-state index contributed by atoms with van der Waals surface area (Å²) in [7, 11) is 1.88. The van der Waals surface area contributed by atoms with E-state index in [4.69, 9.17) is 11.6 Å². The largest absolute Gasteiger partial charge is 0.326 e. The molecule has 2 heterocycles. The van der Waals surface area contributed by atoms with Gasteiger partial charge in [0.1, 0.15) is 5.54 Å². The van der Waals surface area contributed by atoms with Crippen molar-refractivity contribution in [1.29, 1.82) is 0 Å². The van der Waals surface area contributed by atoms with Crippen molar-refractivity contribution in [2.24, 2.45) is 0 Å². The Morgan fingerprint density at radius 1 is 1.11 bits per heavy atom. The molecule has 0 unspecified atom stereocenters. The zero-order valence-electron chi connectivity index (χ0n) is 15.6. The molecule has 1 atom stereocenters. The lowest BCUT2D eigenvalue weighted by Gasteiger charge is -2.25. The van der Waals surface area contributed by atoms with Gasteiger partial charge in [-0.15, -0.1) is 11.3 Å². The molecule has 4 rings (SSSR count). The fourth-order valence-electron chi connectivity index (χ4n) is 3.66. The first-order valence-electron chi connectivity index (χ1n) is 8.93. The molecule has 1 N–H and O–H groups in total. The van der Waals surface area contributed by atoms with Crippen LogP contribution in [0.1, 0.15) is 17.4 Å². The topological polar surface area (TPSA) is 52.6 Å². The van der Waals surface area contributed by atoms with Crippen molar-refractivity contribution < 1.29 is 9.59 Å². The minimum Gasteiger partial charge on any atom is -0.319 e. The highest BCUT2D eigenvalue weighted by molar-refractivity contribution is 7.16. The number of carbonyl (C=O) groups is 2. The van der Waals surface area contributed by atoms with Gasteiger partial charge in [0.25, 0.3) is 5.91 Å². The van der Waals surface area contributed by atoms with Crippen LogP contribution in [0.25, 0.3) is 10.8 Å². The number of fused-ring (bicyclic) bond motifs is 1. The van der Waals surface area contributed by atoms with Crippen molar-refractivity contribution in [3.05, 3.63) is 69.4 Å². The first-order chi connectivity index (χ1) is 13.4. The summed E-state index contributed by atoms with van der Waals surface area (Å²) in [6.07, 6.45) is 0. The summed E-state index contributed by atoms with van der Waals surface area (Å²) in [5, 5.41) is 4.90. The van der Waals surface area contributed by atoms with Crippen LogP contribution in [0.4, 0.5) is 4.79 Å². The molecule has 1 aliphatic heterocycles. The van der Waals surface area contributed by atoms with E-state index in [0.29, 0.717) is 6.54 Å². The van der Waals surface area contributed by atoms with E-state index in [2.05, 4.69) is 5.32 Å². The number of hydrogen-bond donors (Lipinski definition) is 1. The van der Waals surface area contributed by atoms with E-state index in [0.717, 1.165) is 25.5 Å². The molecule has 0 radical (unpaired) electrons. The molecule has 1 aromatic heterocycles. The molecule has 2 aromatic carbocycles. The highest BCUT2D eigenvalue weighted by atomic mass is 35.5. The van der Waals surface area contributed by atoms with Crippen LogP contribution in [0.5, 0.6) is 0 Å². The number of thiophene rings is 1. The minimum atomic E-state index is -1.09. The van der Waals surface area contributed by atoms with Gasteiger partial charge in [-0.2, -0.15) is 0 Å². The zero-order valence-corrected chi connectivity index (χ0v) is 17.2. The lowest BCUT2D eigenvalue weighted by Crippen LogP contribution is -2.43. The van der Waals surface area contributed by atoms with Crippen LogP contribution in [0.3, 0.4) is 0 Å². The third-order valence-corrected chi connectivity index (χ3v) is 6.26. The molecular formula is C21H20ClN3O2S. The van der Waals surface area contributed by atoms with Gasteiger partial charge in [-0.05, 0) is 42.4 Å². The summed E-state index contributed by atoms with van der Waals surface area (Å²) in [4.78, 5) is 30.2. The van der Waals surface area contributed by atoms with E-state index in [-0.39, 0.29) is 18.6 Å². The highest BCUT2D eigenvalue weighted by Crippen LogP contribution is 2.34. The summed E-state index contributed by atoms with van der Waals surface area (Å²) in [5.74, 6) is -0.245. The van der Waals surface area contributed by atoms with E-state index in [9.17, 15) is 9.59 Å². The Hall–Kier alpha value is -2.41. The van der Waals surface area contributed by atoms with Crippen LogP contribution in [-0.2, 0) is 16.9 Å². The first-order valence-corrected chi connectivity index (χ1v) is 10.1. The van der Waals surface area contributed by atoms with Crippen LogP contribution >= 0.6 is 22.9 Å². The van der Waals surface area contributed by atoms with Crippen molar-refractivity contribution in [3.8, 4) is 0 Å². The lowest BCUT2D eigenvalue weighted by atomic mass is 9.88. The summed E-state index contributed by atoms with van der Waals surface area (Å²) in [6, 6.07) is 17.1. The molecule has 0 aliphatic carbocycles. The molecule has 28 heavy (non-hydrogen) atoms. The van der Waals surface area contributed by atoms with E-state index < -0.39 is 5.54 Å². The molecule has 1 saturated heterocycles. The normalized spacial score (nSPS) is 19.6. The maximum absolute atomic E-state index is 13.3. The number of halogens is 1. The average Bonchev–Trinajstić information content (AvgIpc) is 3.17. The number of hydrogen-bond acceptors (Lipinski definition) is 4. The maximum atomic E-state index is 13.3. The molecule has 1 aliphatic rings. The Labute approximate surface area is 172 Å². The molecule has 144 valence electrons. The van der Waals surface area contributed by atoms with E-state index in [1.807, 2.05) is 66.5 Å². The Kier molecular flexibility index (Phi) is 4.87. The second kappa shape index (κ2) is 7.20. The van der Waals surface area contributed by atoms with Crippen LogP contribution in [0.2, 0.25) is 4.34 Å². The van der Waals surface area contributed by atoms with Crippen LogP contribution in [0.15, 0.2) is 54.6 Å². The van der Waals surface area contributed by atoms with Crippen molar-refractivity contribution in [2.75, 3.05) is 13.7 Å². The van der Waals surface area contributed by atoms with Crippen LogP contribution in [-0.4, -0.2) is 35.5 Å². The van der Waals surface area contributed by atoms with Crippen LogP contribution < -0.4 is 5.32 Å². The van der Waals surface area contributed by atoms with Gasteiger partial charge in [0.05, 0.1) is 11.0 Å². The van der Waals surface area contributed by atoms with Crippen LogP contribution in [0, 0.1) is 0 Å². The van der Waals surface area contributed by atoms with Gasteiger partial charge in [0.15, 0.2) is 0 Å². The lowest BCUT2D eigenvalue weighted by molar-refractivity contribution is -0.132. The molecule has 0 spiro atoms. The fourth-order valence-corrected chi connectivity index (χ4v) is 4.83. The maximum Gasteiger partial charge on any atom is 0.326 e. The molecule has 5 nitrogen and oxygen atoms in total. The molecule has 3 amide bonds. The zero-order chi connectivity index (χ0) is 19.9. The Bertz CT molecular complexity index is 1060. The van der Waals surface area contributed by atoms with Gasteiger partial charge in [0.2, 0.25) is 0 Å². The molecular weight excluding hydrogens is 394 g/mol. The van der Waals surface area contributed by atoms with Crippen molar-refractivity contribution in [2.45, 2.75) is 19.0 Å². The molecule has 0 bridgehead atoms. The second-order valence-electron chi connectivity index (χ2n) is 7.18. The molecule has 7 heteroatoms. The van der Waals surface area contributed by atoms with Gasteiger partial charge in [0, 0.05) is 11.4 Å². The Morgan fingerprint density at radius 3 is 2.61 bits per heavy atom. The SMILES string of the molecule is CN(Cc1ccc(Cl)s1)CN1C(=O)N[C@@](C)(c2cccc3ccccc23)C1=O. The van der Waals surface area contributed by atoms with Crippen molar-refractivity contribution in [1.82, 2.24) is 15.1 Å². The highest BCUT2D eigenvalue weighted by Gasteiger charge is 2.49. The first kappa shape index (κ1) is 18.9. The summed E-state index contributed by atoms with van der Waals surface area (Å²) in [6.45, 7) is 2.59. The number of rotatable bonds is 5. The van der Waals surface area contributed by atoms with E-state index in [1.54, 1.807) is 6.92 Å². The van der Waals surface area contributed by atoms with Gasteiger partial charge < -0.3 is 5.32 Å². The summed E-state index contributed by atoms with van der Waals surface area (Å²) in [5.41, 5.74) is -0.287. The van der Waals surface area contributed by atoms with Gasteiger partial charge >= 0.3 is 6.03 Å². The number of benzene rings is 2. The quantitative estimate of drug-likeness (QED) is 0.630. The average molecular weight is 414 g/mol. The Balaban J connectivity index is 1.59. The predicted molar refractivity (Wildman–Crippen MR) is 112 cm³/mol. The predicted octanol–water partition coefficient (Wildman–Crippen LogP) is 4.41. The molecule has 3 aromatic rings. The smallest absolute Gasteiger partial charge is 0.319 e. The fraction of sp³-hybridized carbons (Fsp3) is 0.238. The third kappa shape index (κ3) is 3.28. The minimum absolute atomic E-state index is 0.209. The van der Waals surface area contributed by atoms with Gasteiger partial charge in [-0.25, -0.2) is 9.69 Å². The summed E-state index contributed by atoms with van der Waals surface area (Å²) >= 11 is 7.48. The van der Waals surface area contributed by atoms with Crippen molar-refractivity contribution >= 4 is 45.6 Å². The van der Waals surface area contributed by atoms with Crippen molar-refractivity contribution in [3.63, 3.8) is 0 Å². The number of urea groups is 1. The summed E-state index contributed by atoms with van der Waals surface area (Å²) < 4.78 is 0.724. The number of nitrogens with zero attached hydrogens (tertiary/aromatic N) is 2. The number of carbonyl (C=O) groups excluding carboxylic acids is 2. The number of imide groups is 1. The Morgan fingerprint density at radius 2 is 1.86 bits per heavy atom. The van der Waals surface area contributed by atoms with Gasteiger partial charge in [-0.1, -0.05) is 54.1 Å². The molecule has 1 fully saturated rings. The van der Waals surface area contributed by atoms with E-state index >= 15 is 0 Å². The second-order valence-corrected chi connectivity index (χ2v) is 8.98.